The van der Waals surface area contributed by atoms with E-state index in [0.29, 0.717) is 6.54 Å². The first kappa shape index (κ1) is 12.6. The number of hydrogen-bond donors (Lipinski definition) is 0. The fraction of sp³-hybridized carbons (Fsp3) is 0.375. The van der Waals surface area contributed by atoms with Gasteiger partial charge in [-0.1, -0.05) is 30.4 Å². The average molecular weight is 284 g/mol. The number of nitrogens with zero attached hydrogens (tertiary/aromatic N) is 1. The van der Waals surface area contributed by atoms with Crippen LogP contribution in [0.4, 0.5) is 5.69 Å². The molecule has 1 aromatic carbocycles. The van der Waals surface area contributed by atoms with E-state index in [1.54, 1.807) is 11.0 Å². The zero-order valence-electron chi connectivity index (χ0n) is 11.5. The summed E-state index contributed by atoms with van der Waals surface area (Å²) in [4.78, 5) is 25.8. The van der Waals surface area contributed by atoms with Crippen LogP contribution < -0.4 is 10.0 Å². The average Bonchev–Trinajstić information content (AvgIpc) is 3.08. The van der Waals surface area contributed by atoms with Crippen molar-refractivity contribution in [2.24, 2.45) is 11.8 Å². The fourth-order valence-corrected chi connectivity index (χ4v) is 3.84. The van der Waals surface area contributed by atoms with Gasteiger partial charge in [0.1, 0.15) is 5.60 Å². The SMILES string of the molecule is Cc1ccccc1N1C[C@@]23C=C[C@@H](O2)[C@@H](C(=O)[O-])[C@@H]3C1=O. The van der Waals surface area contributed by atoms with Crippen LogP contribution in [0.15, 0.2) is 36.4 Å². The van der Waals surface area contributed by atoms with Crippen LogP contribution in [0.5, 0.6) is 0 Å². The molecule has 1 aromatic rings. The lowest BCUT2D eigenvalue weighted by Gasteiger charge is -2.24. The van der Waals surface area contributed by atoms with Crippen LogP contribution in [0.3, 0.4) is 0 Å². The highest BCUT2D eigenvalue weighted by atomic mass is 16.5. The number of anilines is 1. The van der Waals surface area contributed by atoms with Crippen LogP contribution in [0, 0.1) is 18.8 Å². The topological polar surface area (TPSA) is 69.7 Å². The highest BCUT2D eigenvalue weighted by molar-refractivity contribution is 6.02. The van der Waals surface area contributed by atoms with E-state index in [4.69, 9.17) is 4.74 Å². The van der Waals surface area contributed by atoms with E-state index in [-0.39, 0.29) is 5.91 Å². The van der Waals surface area contributed by atoms with Gasteiger partial charge in [0.15, 0.2) is 0 Å². The molecule has 0 aliphatic carbocycles. The molecule has 0 unspecified atom stereocenters. The molecule has 21 heavy (non-hydrogen) atoms. The maximum atomic E-state index is 12.8. The summed E-state index contributed by atoms with van der Waals surface area (Å²) in [5.41, 5.74) is 0.976. The van der Waals surface area contributed by atoms with E-state index < -0.39 is 29.5 Å². The number of hydrogen-bond acceptors (Lipinski definition) is 4. The van der Waals surface area contributed by atoms with Gasteiger partial charge in [-0.25, -0.2) is 0 Å². The summed E-state index contributed by atoms with van der Waals surface area (Å²) in [6.07, 6.45) is 3.05. The zero-order valence-corrected chi connectivity index (χ0v) is 11.5. The summed E-state index contributed by atoms with van der Waals surface area (Å²) < 4.78 is 5.83. The lowest BCUT2D eigenvalue weighted by Crippen LogP contribution is -2.45. The molecular weight excluding hydrogens is 270 g/mol. The standard InChI is InChI=1S/C16H15NO4/c1-9-4-2-3-5-10(9)17-8-16-7-6-11(21-16)12(15(19)20)13(16)14(17)18/h2-7,11-13H,8H2,1H3,(H,19,20)/p-1/t11-,12-,13-,16-/m1/s1. The maximum absolute atomic E-state index is 12.8. The van der Waals surface area contributed by atoms with Crippen molar-refractivity contribution in [2.75, 3.05) is 11.4 Å². The molecule has 0 radical (unpaired) electrons. The molecule has 2 saturated heterocycles. The minimum absolute atomic E-state index is 0.189. The Hall–Kier alpha value is -2.14. The normalized spacial score (nSPS) is 36.3. The molecule has 3 aliphatic heterocycles. The minimum Gasteiger partial charge on any atom is -0.550 e. The summed E-state index contributed by atoms with van der Waals surface area (Å²) in [7, 11) is 0. The van der Waals surface area contributed by atoms with Crippen molar-refractivity contribution in [1.29, 1.82) is 0 Å². The van der Waals surface area contributed by atoms with Crippen molar-refractivity contribution in [3.63, 3.8) is 0 Å². The third kappa shape index (κ3) is 1.49. The largest absolute Gasteiger partial charge is 0.550 e. The Balaban J connectivity index is 1.78. The molecule has 2 fully saturated rings. The number of fused-ring (bicyclic) bond motifs is 1. The molecule has 0 N–H and O–H groups in total. The number of aliphatic carboxylic acids is 1. The summed E-state index contributed by atoms with van der Waals surface area (Å²) in [5.74, 6) is -2.98. The Morgan fingerprint density at radius 3 is 2.90 bits per heavy atom. The van der Waals surface area contributed by atoms with Crippen molar-refractivity contribution in [3.8, 4) is 0 Å². The second kappa shape index (κ2) is 3.95. The molecule has 0 saturated carbocycles. The Labute approximate surface area is 121 Å². The van der Waals surface area contributed by atoms with E-state index in [0.717, 1.165) is 11.3 Å². The summed E-state index contributed by atoms with van der Waals surface area (Å²) >= 11 is 0. The van der Waals surface area contributed by atoms with Gasteiger partial charge < -0.3 is 19.5 Å². The second-order valence-electron chi connectivity index (χ2n) is 5.93. The summed E-state index contributed by atoms with van der Waals surface area (Å²) in [5, 5.41) is 11.4. The summed E-state index contributed by atoms with van der Waals surface area (Å²) in [6, 6.07) is 7.57. The molecule has 3 aliphatic rings. The van der Waals surface area contributed by atoms with Gasteiger partial charge in [-0.05, 0) is 18.6 Å². The molecule has 1 amide bonds. The molecule has 4 rings (SSSR count). The van der Waals surface area contributed by atoms with Gasteiger partial charge in [0.05, 0.1) is 18.6 Å². The van der Waals surface area contributed by atoms with Crippen LogP contribution in [0.2, 0.25) is 0 Å². The molecular formula is C16H14NO4-. The predicted octanol–water partition coefficient (Wildman–Crippen LogP) is 0.0313. The first-order chi connectivity index (χ1) is 10.0. The van der Waals surface area contributed by atoms with Crippen LogP contribution in [0.25, 0.3) is 0 Å². The molecule has 5 heteroatoms. The van der Waals surface area contributed by atoms with Gasteiger partial charge in [0, 0.05) is 17.6 Å². The van der Waals surface area contributed by atoms with Crippen LogP contribution in [0.1, 0.15) is 5.56 Å². The Kier molecular flexibility index (Phi) is 2.37. The van der Waals surface area contributed by atoms with E-state index in [2.05, 4.69) is 0 Å². The van der Waals surface area contributed by atoms with Crippen molar-refractivity contribution in [1.82, 2.24) is 0 Å². The predicted molar refractivity (Wildman–Crippen MR) is 72.3 cm³/mol. The van der Waals surface area contributed by atoms with E-state index in [9.17, 15) is 14.7 Å². The van der Waals surface area contributed by atoms with Gasteiger partial charge in [0.2, 0.25) is 5.91 Å². The highest BCUT2D eigenvalue weighted by Crippen LogP contribution is 2.52. The molecule has 0 aromatic heterocycles. The Morgan fingerprint density at radius 2 is 2.19 bits per heavy atom. The molecule has 2 bridgehead atoms. The molecule has 5 nitrogen and oxygen atoms in total. The fourth-order valence-electron chi connectivity index (χ4n) is 3.84. The van der Waals surface area contributed by atoms with E-state index in [1.807, 2.05) is 37.3 Å². The highest BCUT2D eigenvalue weighted by Gasteiger charge is 2.65. The number of carboxylic acid groups (broad SMARTS) is 1. The summed E-state index contributed by atoms with van der Waals surface area (Å²) in [6.45, 7) is 2.29. The van der Waals surface area contributed by atoms with Crippen LogP contribution in [-0.2, 0) is 14.3 Å². The number of rotatable bonds is 2. The third-order valence-corrected chi connectivity index (χ3v) is 4.78. The van der Waals surface area contributed by atoms with E-state index in [1.165, 1.54) is 0 Å². The number of carboxylic acids is 1. The number of aryl methyl sites for hydroxylation is 1. The molecule has 4 atom stereocenters. The first-order valence-corrected chi connectivity index (χ1v) is 6.98. The minimum atomic E-state index is -1.21. The lowest BCUT2D eigenvalue weighted by atomic mass is 9.77. The van der Waals surface area contributed by atoms with Crippen molar-refractivity contribution in [3.05, 3.63) is 42.0 Å². The molecule has 108 valence electrons. The molecule has 1 spiro atoms. The van der Waals surface area contributed by atoms with Gasteiger partial charge in [-0.2, -0.15) is 0 Å². The number of carbonyl (C=O) groups excluding carboxylic acids is 2. The Morgan fingerprint density at radius 1 is 1.43 bits per heavy atom. The first-order valence-electron chi connectivity index (χ1n) is 6.98. The number of benzene rings is 1. The molecule has 3 heterocycles. The second-order valence-corrected chi connectivity index (χ2v) is 5.93. The van der Waals surface area contributed by atoms with Crippen molar-refractivity contribution < 1.29 is 19.4 Å². The number of para-hydroxylation sites is 1. The smallest absolute Gasteiger partial charge is 0.234 e. The number of amides is 1. The quantitative estimate of drug-likeness (QED) is 0.719. The monoisotopic (exact) mass is 284 g/mol. The third-order valence-electron chi connectivity index (χ3n) is 4.78. The zero-order chi connectivity index (χ0) is 14.8. The van der Waals surface area contributed by atoms with Gasteiger partial charge >= 0.3 is 0 Å². The Bertz CT molecular complexity index is 683. The van der Waals surface area contributed by atoms with Gasteiger partial charge in [-0.3, -0.25) is 4.79 Å². The maximum Gasteiger partial charge on any atom is 0.234 e. The number of carbonyl (C=O) groups is 2. The lowest BCUT2D eigenvalue weighted by molar-refractivity contribution is -0.313. The van der Waals surface area contributed by atoms with Gasteiger partial charge in [0.25, 0.3) is 0 Å². The van der Waals surface area contributed by atoms with Crippen molar-refractivity contribution in [2.45, 2.75) is 18.6 Å². The van der Waals surface area contributed by atoms with Crippen LogP contribution in [-0.4, -0.2) is 30.1 Å². The van der Waals surface area contributed by atoms with E-state index >= 15 is 0 Å². The number of ether oxygens (including phenoxy) is 1. The van der Waals surface area contributed by atoms with Crippen LogP contribution >= 0.6 is 0 Å². The van der Waals surface area contributed by atoms with Crippen molar-refractivity contribution >= 4 is 17.6 Å². The van der Waals surface area contributed by atoms with Gasteiger partial charge in [-0.15, -0.1) is 0 Å².